The molecule has 0 bridgehead atoms. The Morgan fingerprint density at radius 3 is 2.85 bits per heavy atom. The summed E-state index contributed by atoms with van der Waals surface area (Å²) in [7, 11) is 0. The molecule has 2 heterocycles. The maximum Gasteiger partial charge on any atom is 0.231 e. The Bertz CT molecular complexity index is 901. The molecule has 0 N–H and O–H groups in total. The van der Waals surface area contributed by atoms with Gasteiger partial charge in [0.05, 0.1) is 6.04 Å². The van der Waals surface area contributed by atoms with Crippen LogP contribution in [-0.4, -0.2) is 30.1 Å². The topological polar surface area (TPSA) is 30.9 Å². The fraction of sp³-hybridized carbons (Fsp3) is 0.391. The summed E-state index contributed by atoms with van der Waals surface area (Å²) in [5.74, 6) is 8.39. The molecule has 1 aliphatic carbocycles. The molecule has 138 valence electrons. The lowest BCUT2D eigenvalue weighted by Crippen LogP contribution is -2.40. The van der Waals surface area contributed by atoms with Crippen LogP contribution in [0.15, 0.2) is 48.5 Å². The Hall–Kier alpha value is -2.48. The first-order chi connectivity index (χ1) is 13.3. The first-order valence-electron chi connectivity index (χ1n) is 9.63. The zero-order valence-corrected chi connectivity index (χ0v) is 15.5. The van der Waals surface area contributed by atoms with Gasteiger partial charge in [-0.15, -0.1) is 0 Å². The second-order valence-electron chi connectivity index (χ2n) is 7.49. The van der Waals surface area contributed by atoms with Crippen molar-refractivity contribution in [2.45, 2.75) is 43.9 Å². The van der Waals surface area contributed by atoms with Gasteiger partial charge in [-0.1, -0.05) is 42.2 Å². The largest absolute Gasteiger partial charge is 0.454 e. The van der Waals surface area contributed by atoms with Crippen LogP contribution in [-0.2, 0) is 4.74 Å². The monoisotopic (exact) mass is 361 g/mol. The summed E-state index contributed by atoms with van der Waals surface area (Å²) in [6.07, 6.45) is 3.28. The van der Waals surface area contributed by atoms with Gasteiger partial charge in [0, 0.05) is 11.6 Å². The Labute approximate surface area is 160 Å². The van der Waals surface area contributed by atoms with Gasteiger partial charge in [0.15, 0.2) is 11.5 Å². The number of benzene rings is 2. The molecular weight excluding hydrogens is 338 g/mol. The molecule has 0 spiro atoms. The Morgan fingerprint density at radius 1 is 1.11 bits per heavy atom. The highest BCUT2D eigenvalue weighted by Crippen LogP contribution is 2.44. The molecule has 2 aromatic rings. The Kier molecular flexibility index (Phi) is 4.07. The molecule has 3 atom stereocenters. The highest BCUT2D eigenvalue weighted by molar-refractivity contribution is 5.50. The third-order valence-electron chi connectivity index (χ3n) is 6.01. The lowest BCUT2D eigenvalue weighted by atomic mass is 9.95. The van der Waals surface area contributed by atoms with Crippen LogP contribution in [0.3, 0.4) is 0 Å². The summed E-state index contributed by atoms with van der Waals surface area (Å²) in [5, 5.41) is 0. The van der Waals surface area contributed by atoms with E-state index in [4.69, 9.17) is 14.2 Å². The van der Waals surface area contributed by atoms with E-state index in [1.54, 1.807) is 0 Å². The van der Waals surface area contributed by atoms with E-state index in [2.05, 4.69) is 54.0 Å². The SMILES string of the molecule is C[C@@H](c1ccccc1)N1CO[C@@]2(C#Cc3ccc4c(c3)OCO4)CCC[C@@H]12. The van der Waals surface area contributed by atoms with Gasteiger partial charge in [-0.05, 0) is 49.9 Å². The van der Waals surface area contributed by atoms with Crippen LogP contribution in [0.2, 0.25) is 0 Å². The van der Waals surface area contributed by atoms with Crippen molar-refractivity contribution in [3.63, 3.8) is 0 Å². The van der Waals surface area contributed by atoms with Crippen LogP contribution in [0, 0.1) is 11.8 Å². The predicted molar refractivity (Wildman–Crippen MR) is 102 cm³/mol. The molecule has 1 saturated heterocycles. The van der Waals surface area contributed by atoms with E-state index in [0.29, 0.717) is 18.8 Å². The molecule has 2 aromatic carbocycles. The molecule has 2 aliphatic heterocycles. The summed E-state index contributed by atoms with van der Waals surface area (Å²) in [6, 6.07) is 17.2. The maximum absolute atomic E-state index is 6.33. The van der Waals surface area contributed by atoms with Crippen LogP contribution >= 0.6 is 0 Å². The highest BCUT2D eigenvalue weighted by Gasteiger charge is 2.52. The molecule has 0 radical (unpaired) electrons. The van der Waals surface area contributed by atoms with Crippen LogP contribution in [0.1, 0.15) is 43.4 Å². The average molecular weight is 361 g/mol. The zero-order valence-electron chi connectivity index (χ0n) is 15.5. The van der Waals surface area contributed by atoms with Gasteiger partial charge in [-0.3, -0.25) is 4.90 Å². The minimum Gasteiger partial charge on any atom is -0.454 e. The fourth-order valence-corrected chi connectivity index (χ4v) is 4.48. The van der Waals surface area contributed by atoms with Gasteiger partial charge >= 0.3 is 0 Å². The highest BCUT2D eigenvalue weighted by atomic mass is 16.7. The third-order valence-corrected chi connectivity index (χ3v) is 6.01. The van der Waals surface area contributed by atoms with Gasteiger partial charge in [0.25, 0.3) is 0 Å². The molecule has 0 aromatic heterocycles. The maximum atomic E-state index is 6.33. The van der Waals surface area contributed by atoms with Crippen molar-refractivity contribution in [1.82, 2.24) is 4.90 Å². The van der Waals surface area contributed by atoms with E-state index in [1.165, 1.54) is 5.56 Å². The summed E-state index contributed by atoms with van der Waals surface area (Å²) in [5.41, 5.74) is 1.91. The minimum absolute atomic E-state index is 0.285. The molecular formula is C23H23NO3. The summed E-state index contributed by atoms with van der Waals surface area (Å²) in [6.45, 7) is 3.18. The van der Waals surface area contributed by atoms with Gasteiger partial charge in [0.1, 0.15) is 12.3 Å². The predicted octanol–water partition coefficient (Wildman–Crippen LogP) is 4.11. The van der Waals surface area contributed by atoms with Crippen LogP contribution in [0.5, 0.6) is 11.5 Å². The standard InChI is InChI=1S/C23H23NO3/c1-17(19-6-3-2-4-7-19)24-15-27-23(12-5-8-22(23)24)13-11-18-9-10-20-21(14-18)26-16-25-20/h2-4,6-7,9-10,14,17,22H,5,8,12,15-16H2,1H3/t17-,22+,23+/m0/s1. The molecule has 3 aliphatic rings. The molecule has 1 saturated carbocycles. The molecule has 0 unspecified atom stereocenters. The molecule has 2 fully saturated rings. The van der Waals surface area contributed by atoms with Crippen LogP contribution in [0.25, 0.3) is 0 Å². The fourth-order valence-electron chi connectivity index (χ4n) is 4.48. The molecule has 27 heavy (non-hydrogen) atoms. The normalized spacial score (nSPS) is 27.1. The zero-order chi connectivity index (χ0) is 18.3. The second-order valence-corrected chi connectivity index (χ2v) is 7.49. The number of fused-ring (bicyclic) bond motifs is 2. The van der Waals surface area contributed by atoms with Crippen LogP contribution in [0.4, 0.5) is 0 Å². The van der Waals surface area contributed by atoms with E-state index in [1.807, 2.05) is 18.2 Å². The van der Waals surface area contributed by atoms with Gasteiger partial charge in [0.2, 0.25) is 6.79 Å². The first-order valence-corrected chi connectivity index (χ1v) is 9.63. The summed E-state index contributed by atoms with van der Waals surface area (Å²) in [4.78, 5) is 2.47. The molecule has 5 rings (SSSR count). The van der Waals surface area contributed by atoms with Crippen molar-refractivity contribution in [1.29, 1.82) is 0 Å². The lowest BCUT2D eigenvalue weighted by Gasteiger charge is -2.30. The molecule has 0 amide bonds. The summed E-state index contributed by atoms with van der Waals surface area (Å²) < 4.78 is 17.2. The van der Waals surface area contributed by atoms with Gasteiger partial charge < -0.3 is 14.2 Å². The van der Waals surface area contributed by atoms with Crippen molar-refractivity contribution in [3.05, 3.63) is 59.7 Å². The Morgan fingerprint density at radius 2 is 1.96 bits per heavy atom. The molecule has 4 nitrogen and oxygen atoms in total. The number of nitrogens with zero attached hydrogens (tertiary/aromatic N) is 1. The van der Waals surface area contributed by atoms with Crippen molar-refractivity contribution in [2.75, 3.05) is 13.5 Å². The van der Waals surface area contributed by atoms with Crippen LogP contribution < -0.4 is 9.47 Å². The Balaban J connectivity index is 1.40. The number of hydrogen-bond acceptors (Lipinski definition) is 4. The van der Waals surface area contributed by atoms with E-state index in [0.717, 1.165) is 36.3 Å². The lowest BCUT2D eigenvalue weighted by molar-refractivity contribution is 0.0390. The summed E-state index contributed by atoms with van der Waals surface area (Å²) >= 11 is 0. The van der Waals surface area contributed by atoms with E-state index < -0.39 is 0 Å². The van der Waals surface area contributed by atoms with Crippen molar-refractivity contribution in [3.8, 4) is 23.3 Å². The number of hydrogen-bond donors (Lipinski definition) is 0. The van der Waals surface area contributed by atoms with E-state index >= 15 is 0 Å². The molecule has 4 heteroatoms. The van der Waals surface area contributed by atoms with E-state index in [9.17, 15) is 0 Å². The quantitative estimate of drug-likeness (QED) is 0.754. The van der Waals surface area contributed by atoms with Gasteiger partial charge in [-0.2, -0.15) is 0 Å². The third kappa shape index (κ3) is 2.88. The number of ether oxygens (including phenoxy) is 3. The second kappa shape index (κ2) is 6.60. The van der Waals surface area contributed by atoms with Crippen molar-refractivity contribution >= 4 is 0 Å². The first kappa shape index (κ1) is 16.7. The smallest absolute Gasteiger partial charge is 0.231 e. The van der Waals surface area contributed by atoms with Gasteiger partial charge in [-0.25, -0.2) is 0 Å². The van der Waals surface area contributed by atoms with E-state index in [-0.39, 0.29) is 12.4 Å². The average Bonchev–Trinajstić information content (AvgIpc) is 3.41. The minimum atomic E-state index is -0.362. The van der Waals surface area contributed by atoms with Crippen molar-refractivity contribution < 1.29 is 14.2 Å². The number of rotatable bonds is 2. The van der Waals surface area contributed by atoms with Crippen molar-refractivity contribution in [2.24, 2.45) is 0 Å².